The molecule has 1 aromatic carbocycles. The van der Waals surface area contributed by atoms with Gasteiger partial charge in [0.1, 0.15) is 5.75 Å². The zero-order valence-electron chi connectivity index (χ0n) is 11.3. The van der Waals surface area contributed by atoms with Gasteiger partial charge in [-0.25, -0.2) is 0 Å². The van der Waals surface area contributed by atoms with Crippen molar-refractivity contribution >= 4 is 40.6 Å². The van der Waals surface area contributed by atoms with E-state index in [2.05, 4.69) is 0 Å². The third-order valence-corrected chi connectivity index (χ3v) is 4.08. The molecule has 2 rings (SSSR count). The molecule has 5 nitrogen and oxygen atoms in total. The van der Waals surface area contributed by atoms with Crippen LogP contribution in [0, 0.1) is 0 Å². The van der Waals surface area contributed by atoms with E-state index in [0.29, 0.717) is 30.0 Å². The normalized spacial score (nSPS) is 17.0. The third kappa shape index (κ3) is 3.78. The fourth-order valence-electron chi connectivity index (χ4n) is 1.82. The summed E-state index contributed by atoms with van der Waals surface area (Å²) in [6.07, 6.45) is 2.19. The number of ether oxygens (including phenoxy) is 1. The largest absolute Gasteiger partial charge is 0.506 e. The number of hydrogen-bond acceptors (Lipinski definition) is 5. The third-order valence-electron chi connectivity index (χ3n) is 2.87. The lowest BCUT2D eigenvalue weighted by molar-refractivity contribution is -0.122. The van der Waals surface area contributed by atoms with Crippen LogP contribution < -0.4 is 0 Å². The minimum Gasteiger partial charge on any atom is -0.506 e. The number of rotatable bonds is 5. The number of thioether (sulfide) groups is 1. The highest BCUT2D eigenvalue weighted by Gasteiger charge is 2.34. The zero-order chi connectivity index (χ0) is 15.4. The molecule has 2 amide bonds. The Balaban J connectivity index is 2.13. The number of carbonyl (C=O) groups is 2. The molecule has 1 fully saturated rings. The second kappa shape index (κ2) is 6.98. The van der Waals surface area contributed by atoms with Gasteiger partial charge in [-0.05, 0) is 42.0 Å². The molecule has 21 heavy (non-hydrogen) atoms. The van der Waals surface area contributed by atoms with Gasteiger partial charge < -0.3 is 9.84 Å². The van der Waals surface area contributed by atoms with Crippen molar-refractivity contribution in [3.63, 3.8) is 0 Å². The van der Waals surface area contributed by atoms with Gasteiger partial charge in [-0.3, -0.25) is 14.5 Å². The molecule has 0 unspecified atom stereocenters. The summed E-state index contributed by atoms with van der Waals surface area (Å²) < 4.78 is 4.91. The number of amides is 2. The number of hydrogen-bond donors (Lipinski definition) is 1. The summed E-state index contributed by atoms with van der Waals surface area (Å²) in [4.78, 5) is 25.5. The van der Waals surface area contributed by atoms with Crippen LogP contribution in [0.5, 0.6) is 5.75 Å². The van der Waals surface area contributed by atoms with Crippen LogP contribution in [-0.4, -0.2) is 41.4 Å². The number of methoxy groups -OCH3 is 1. The highest BCUT2D eigenvalue weighted by molar-refractivity contribution is 8.18. The minimum atomic E-state index is -0.315. The van der Waals surface area contributed by atoms with Crippen molar-refractivity contribution in [2.75, 3.05) is 20.3 Å². The Hall–Kier alpha value is -1.50. The Labute approximate surface area is 131 Å². The number of phenols is 1. The lowest BCUT2D eigenvalue weighted by atomic mass is 10.2. The smallest absolute Gasteiger partial charge is 0.293 e. The molecule has 0 aliphatic carbocycles. The minimum absolute atomic E-state index is 0.0264. The fourth-order valence-corrected chi connectivity index (χ4v) is 2.88. The average Bonchev–Trinajstić information content (AvgIpc) is 2.70. The van der Waals surface area contributed by atoms with E-state index in [1.165, 1.54) is 17.0 Å². The first-order chi connectivity index (χ1) is 10.0. The molecule has 0 aromatic heterocycles. The maximum atomic E-state index is 12.2. The van der Waals surface area contributed by atoms with Crippen LogP contribution in [0.4, 0.5) is 4.79 Å². The highest BCUT2D eigenvalue weighted by atomic mass is 35.5. The Kier molecular flexibility index (Phi) is 5.27. The second-order valence-corrected chi connectivity index (χ2v) is 5.79. The fraction of sp³-hybridized carbons (Fsp3) is 0.286. The Bertz CT molecular complexity index is 603. The SMILES string of the molecule is COCCCN1C(=O)SC(=Cc2ccc(O)c(Cl)c2)C1=O. The van der Waals surface area contributed by atoms with Gasteiger partial charge in [0.15, 0.2) is 0 Å². The molecule has 0 radical (unpaired) electrons. The van der Waals surface area contributed by atoms with Crippen LogP contribution >= 0.6 is 23.4 Å². The first-order valence-corrected chi connectivity index (χ1v) is 7.45. The topological polar surface area (TPSA) is 66.8 Å². The molecule has 0 saturated carbocycles. The summed E-state index contributed by atoms with van der Waals surface area (Å²) in [5.41, 5.74) is 0.653. The molecule has 1 saturated heterocycles. The van der Waals surface area contributed by atoms with E-state index in [1.807, 2.05) is 0 Å². The van der Waals surface area contributed by atoms with Gasteiger partial charge in [-0.15, -0.1) is 0 Å². The Morgan fingerprint density at radius 2 is 2.19 bits per heavy atom. The van der Waals surface area contributed by atoms with Gasteiger partial charge in [0, 0.05) is 20.3 Å². The van der Waals surface area contributed by atoms with Crippen LogP contribution in [-0.2, 0) is 9.53 Å². The van der Waals surface area contributed by atoms with E-state index in [4.69, 9.17) is 16.3 Å². The van der Waals surface area contributed by atoms with E-state index >= 15 is 0 Å². The lowest BCUT2D eigenvalue weighted by Gasteiger charge is -2.11. The van der Waals surface area contributed by atoms with Crippen molar-refractivity contribution in [2.45, 2.75) is 6.42 Å². The Morgan fingerprint density at radius 3 is 2.86 bits per heavy atom. The monoisotopic (exact) mass is 327 g/mol. The Morgan fingerprint density at radius 1 is 1.43 bits per heavy atom. The summed E-state index contributed by atoms with van der Waals surface area (Å²) in [7, 11) is 1.57. The van der Waals surface area contributed by atoms with Crippen LogP contribution in [0.25, 0.3) is 6.08 Å². The molecule has 1 heterocycles. The molecule has 1 aliphatic heterocycles. The van der Waals surface area contributed by atoms with Crippen molar-refractivity contribution in [2.24, 2.45) is 0 Å². The van der Waals surface area contributed by atoms with Crippen LogP contribution in [0.2, 0.25) is 5.02 Å². The number of carbonyl (C=O) groups excluding carboxylic acids is 2. The summed E-state index contributed by atoms with van der Waals surface area (Å²) in [5.74, 6) is -0.341. The van der Waals surface area contributed by atoms with Crippen molar-refractivity contribution < 1.29 is 19.4 Å². The van der Waals surface area contributed by atoms with Crippen LogP contribution in [0.15, 0.2) is 23.1 Å². The van der Waals surface area contributed by atoms with Gasteiger partial charge in [0.2, 0.25) is 0 Å². The standard InChI is InChI=1S/C14H14ClNO4S/c1-20-6-2-5-16-13(18)12(21-14(16)19)8-9-3-4-11(17)10(15)7-9/h3-4,7-8,17H,2,5-6H2,1H3. The maximum Gasteiger partial charge on any atom is 0.293 e. The molecule has 0 atom stereocenters. The van der Waals surface area contributed by atoms with E-state index < -0.39 is 0 Å². The van der Waals surface area contributed by atoms with Gasteiger partial charge in [-0.1, -0.05) is 17.7 Å². The van der Waals surface area contributed by atoms with Crippen molar-refractivity contribution in [3.05, 3.63) is 33.7 Å². The summed E-state index contributed by atoms with van der Waals surface area (Å²) in [5, 5.41) is 9.27. The van der Waals surface area contributed by atoms with Crippen molar-refractivity contribution in [1.29, 1.82) is 0 Å². The van der Waals surface area contributed by atoms with E-state index in [0.717, 1.165) is 11.8 Å². The van der Waals surface area contributed by atoms with Gasteiger partial charge >= 0.3 is 0 Å². The zero-order valence-corrected chi connectivity index (χ0v) is 12.9. The predicted molar refractivity (Wildman–Crippen MR) is 82.3 cm³/mol. The number of aromatic hydroxyl groups is 1. The molecular formula is C14H14ClNO4S. The number of imide groups is 1. The summed E-state index contributed by atoms with van der Waals surface area (Å²) in [6.45, 7) is 0.834. The molecule has 112 valence electrons. The summed E-state index contributed by atoms with van der Waals surface area (Å²) >= 11 is 6.71. The second-order valence-electron chi connectivity index (χ2n) is 4.39. The maximum absolute atomic E-state index is 12.2. The quantitative estimate of drug-likeness (QED) is 0.665. The molecule has 0 bridgehead atoms. The molecule has 1 aromatic rings. The molecule has 7 heteroatoms. The molecule has 1 N–H and O–H groups in total. The average molecular weight is 328 g/mol. The number of phenolic OH excluding ortho intramolecular Hbond substituents is 1. The predicted octanol–water partition coefficient (Wildman–Crippen LogP) is 3.12. The van der Waals surface area contributed by atoms with Crippen LogP contribution in [0.3, 0.4) is 0 Å². The molecule has 1 aliphatic rings. The first kappa shape index (κ1) is 15.9. The van der Waals surface area contributed by atoms with Gasteiger partial charge in [0.05, 0.1) is 9.93 Å². The molecular weight excluding hydrogens is 314 g/mol. The highest BCUT2D eigenvalue weighted by Crippen LogP contribution is 2.33. The van der Waals surface area contributed by atoms with Crippen LogP contribution in [0.1, 0.15) is 12.0 Å². The van der Waals surface area contributed by atoms with Gasteiger partial charge in [-0.2, -0.15) is 0 Å². The number of halogens is 1. The first-order valence-electron chi connectivity index (χ1n) is 6.25. The van der Waals surface area contributed by atoms with E-state index in [1.54, 1.807) is 19.3 Å². The van der Waals surface area contributed by atoms with Crippen molar-refractivity contribution in [1.82, 2.24) is 4.90 Å². The van der Waals surface area contributed by atoms with Crippen molar-refractivity contribution in [3.8, 4) is 5.75 Å². The van der Waals surface area contributed by atoms with E-state index in [-0.39, 0.29) is 21.9 Å². The molecule has 0 spiro atoms. The number of nitrogens with zero attached hydrogens (tertiary/aromatic N) is 1. The number of benzene rings is 1. The summed E-state index contributed by atoms with van der Waals surface area (Å²) in [6, 6.07) is 4.60. The lowest BCUT2D eigenvalue weighted by Crippen LogP contribution is -2.29. The van der Waals surface area contributed by atoms with Gasteiger partial charge in [0.25, 0.3) is 11.1 Å². The van der Waals surface area contributed by atoms with E-state index in [9.17, 15) is 14.7 Å².